The second kappa shape index (κ2) is 16.6. The Hall–Kier alpha value is -9.44. The van der Waals surface area contributed by atoms with E-state index in [0.29, 0.717) is 0 Å². The van der Waals surface area contributed by atoms with Crippen LogP contribution in [-0.4, -0.2) is 6.71 Å². The Morgan fingerprint density at radius 2 is 0.548 bits per heavy atom. The van der Waals surface area contributed by atoms with E-state index in [2.05, 4.69) is 283 Å². The summed E-state index contributed by atoms with van der Waals surface area (Å²) in [4.78, 5) is 5.18. The highest BCUT2D eigenvalue weighted by Gasteiger charge is 2.45. The molecule has 13 aromatic rings. The summed E-state index contributed by atoms with van der Waals surface area (Å²) >= 11 is 0. The molecule has 0 fully saturated rings. The van der Waals surface area contributed by atoms with Gasteiger partial charge in [-0.2, -0.15) is 0 Å². The smallest absolute Gasteiger partial charge is 0.252 e. The van der Waals surface area contributed by atoms with Gasteiger partial charge in [0.15, 0.2) is 0 Å². The minimum atomic E-state index is -0.0732. The SMILES string of the molecule is c1ccc(-c2ccc(-c3cc4c5c(c3)N(c3ccc(-c6ccccc6)cc3)c3c(ccc6cc7ccccc7cc36)B5c3ccc5cc6ccccc6cc5c3N4c3ccc(-c4ccccc4)cc3)cc2)cc1. The van der Waals surface area contributed by atoms with Crippen molar-refractivity contribution in [1.29, 1.82) is 0 Å². The first-order chi connectivity index (χ1) is 36.2. The zero-order valence-electron chi connectivity index (χ0n) is 40.0. The summed E-state index contributed by atoms with van der Waals surface area (Å²) in [6.07, 6.45) is 0. The van der Waals surface area contributed by atoms with Crippen LogP contribution >= 0.6 is 0 Å². The summed E-state index contributed by atoms with van der Waals surface area (Å²) < 4.78 is 0. The minimum absolute atomic E-state index is 0.0732. The summed E-state index contributed by atoms with van der Waals surface area (Å²) in [6.45, 7) is -0.0732. The lowest BCUT2D eigenvalue weighted by atomic mass is 9.33. The average molecular weight is 925 g/mol. The van der Waals surface area contributed by atoms with Gasteiger partial charge < -0.3 is 9.80 Å². The summed E-state index contributed by atoms with van der Waals surface area (Å²) in [5.41, 5.74) is 20.5. The molecule has 0 atom stereocenters. The van der Waals surface area contributed by atoms with E-state index in [0.717, 1.165) is 16.9 Å². The van der Waals surface area contributed by atoms with Crippen molar-refractivity contribution >= 4 is 100 Å². The van der Waals surface area contributed by atoms with Crippen LogP contribution in [0.15, 0.2) is 273 Å². The van der Waals surface area contributed by atoms with Crippen molar-refractivity contribution in [2.45, 2.75) is 0 Å². The van der Waals surface area contributed by atoms with Gasteiger partial charge in [-0.25, -0.2) is 0 Å². The van der Waals surface area contributed by atoms with Gasteiger partial charge in [-0.1, -0.05) is 212 Å². The lowest BCUT2D eigenvalue weighted by Crippen LogP contribution is -2.61. The molecule has 0 aliphatic carbocycles. The number of rotatable bonds is 6. The van der Waals surface area contributed by atoms with Crippen molar-refractivity contribution in [2.24, 2.45) is 0 Å². The maximum atomic E-state index is 2.59. The van der Waals surface area contributed by atoms with Gasteiger partial charge in [-0.05, 0) is 154 Å². The molecule has 338 valence electrons. The first-order valence-electron chi connectivity index (χ1n) is 25.3. The first-order valence-corrected chi connectivity index (χ1v) is 25.3. The van der Waals surface area contributed by atoms with Crippen molar-refractivity contribution in [1.82, 2.24) is 0 Å². The highest BCUT2D eigenvalue weighted by Crippen LogP contribution is 2.50. The molecule has 0 spiro atoms. The lowest BCUT2D eigenvalue weighted by Gasteiger charge is -2.45. The van der Waals surface area contributed by atoms with Crippen LogP contribution in [0.5, 0.6) is 0 Å². The highest BCUT2D eigenvalue weighted by atomic mass is 15.2. The highest BCUT2D eigenvalue weighted by molar-refractivity contribution is 7.00. The van der Waals surface area contributed by atoms with E-state index < -0.39 is 0 Å². The number of hydrogen-bond donors (Lipinski definition) is 0. The van der Waals surface area contributed by atoms with Gasteiger partial charge in [0.25, 0.3) is 6.71 Å². The van der Waals surface area contributed by atoms with Crippen LogP contribution in [0.2, 0.25) is 0 Å². The minimum Gasteiger partial charge on any atom is -0.311 e. The van der Waals surface area contributed by atoms with Crippen LogP contribution in [0.3, 0.4) is 0 Å². The van der Waals surface area contributed by atoms with E-state index in [-0.39, 0.29) is 6.71 Å². The standard InChI is InChI=1S/C70H45BN2/c1-4-14-46(15-5-1)49-24-26-52(27-25-49)59-44-66-68-67(45-59)73(61-36-30-51(31-37-61)48-18-8-3-9-19-48)70-63-43-56-23-13-11-21-54(56)41-58(63)33-39-65(70)71(68)64-38-32-57-40-53-20-10-12-22-55(53)42-62(57)69(64)72(66)60-34-28-50(29-35-60)47-16-6-2-7-17-47/h1-45H. The van der Waals surface area contributed by atoms with Crippen LogP contribution in [0.25, 0.3) is 87.6 Å². The molecular weight excluding hydrogens is 880 g/mol. The van der Waals surface area contributed by atoms with Crippen molar-refractivity contribution in [3.63, 3.8) is 0 Å². The Balaban J connectivity index is 1.06. The Kier molecular flexibility index (Phi) is 9.40. The zero-order chi connectivity index (χ0) is 48.0. The molecule has 0 radical (unpaired) electrons. The molecule has 0 aromatic heterocycles. The van der Waals surface area contributed by atoms with Crippen LogP contribution < -0.4 is 26.2 Å². The molecule has 2 nitrogen and oxygen atoms in total. The van der Waals surface area contributed by atoms with E-state index in [1.807, 2.05) is 0 Å². The predicted molar refractivity (Wildman–Crippen MR) is 312 cm³/mol. The number of fused-ring (bicyclic) bond motifs is 10. The molecule has 0 unspecified atom stereocenters. The largest absolute Gasteiger partial charge is 0.311 e. The monoisotopic (exact) mass is 924 g/mol. The van der Waals surface area contributed by atoms with E-state index in [1.54, 1.807) is 0 Å². The molecule has 15 rings (SSSR count). The Morgan fingerprint density at radius 1 is 0.233 bits per heavy atom. The summed E-state index contributed by atoms with van der Waals surface area (Å²) in [5.74, 6) is 0. The second-order valence-electron chi connectivity index (χ2n) is 19.6. The van der Waals surface area contributed by atoms with E-state index in [1.165, 1.54) is 121 Å². The molecule has 0 N–H and O–H groups in total. The average Bonchev–Trinajstić information content (AvgIpc) is 3.49. The topological polar surface area (TPSA) is 6.48 Å². The molecule has 2 heterocycles. The van der Waals surface area contributed by atoms with Crippen LogP contribution in [0.1, 0.15) is 0 Å². The fraction of sp³-hybridized carbons (Fsp3) is 0. The predicted octanol–water partition coefficient (Wildman–Crippen LogP) is 17.0. The Labute approximate surface area is 425 Å². The summed E-state index contributed by atoms with van der Waals surface area (Å²) in [5, 5.41) is 9.86. The molecule has 2 aliphatic heterocycles. The fourth-order valence-electron chi connectivity index (χ4n) is 12.1. The number of nitrogens with zero attached hydrogens (tertiary/aromatic N) is 2. The normalized spacial score (nSPS) is 12.6. The van der Waals surface area contributed by atoms with E-state index in [9.17, 15) is 0 Å². The fourth-order valence-corrected chi connectivity index (χ4v) is 12.1. The third-order valence-corrected chi connectivity index (χ3v) is 15.5. The van der Waals surface area contributed by atoms with Crippen LogP contribution in [-0.2, 0) is 0 Å². The number of hydrogen-bond acceptors (Lipinski definition) is 2. The quantitative estimate of drug-likeness (QED) is 0.121. The molecule has 3 heteroatoms. The molecule has 0 saturated heterocycles. The van der Waals surface area contributed by atoms with Gasteiger partial charge in [-0.3, -0.25) is 0 Å². The van der Waals surface area contributed by atoms with Crippen LogP contribution in [0.4, 0.5) is 34.1 Å². The van der Waals surface area contributed by atoms with E-state index >= 15 is 0 Å². The molecule has 73 heavy (non-hydrogen) atoms. The maximum absolute atomic E-state index is 2.59. The number of anilines is 6. The lowest BCUT2D eigenvalue weighted by molar-refractivity contribution is 1.27. The second-order valence-corrected chi connectivity index (χ2v) is 19.6. The third-order valence-electron chi connectivity index (χ3n) is 15.5. The Bertz CT molecular complexity index is 4050. The maximum Gasteiger partial charge on any atom is 0.252 e. The van der Waals surface area contributed by atoms with Crippen molar-refractivity contribution in [3.05, 3.63) is 273 Å². The Morgan fingerprint density at radius 3 is 0.932 bits per heavy atom. The zero-order valence-corrected chi connectivity index (χ0v) is 40.0. The first kappa shape index (κ1) is 41.4. The molecule has 13 aromatic carbocycles. The van der Waals surface area contributed by atoms with Gasteiger partial charge in [-0.15, -0.1) is 0 Å². The van der Waals surface area contributed by atoms with Crippen molar-refractivity contribution in [2.75, 3.05) is 9.80 Å². The van der Waals surface area contributed by atoms with Gasteiger partial charge in [0, 0.05) is 44.9 Å². The summed E-state index contributed by atoms with van der Waals surface area (Å²) in [7, 11) is 0. The molecule has 0 saturated carbocycles. The van der Waals surface area contributed by atoms with Crippen molar-refractivity contribution < 1.29 is 0 Å². The molecule has 0 bridgehead atoms. The van der Waals surface area contributed by atoms with Crippen molar-refractivity contribution in [3.8, 4) is 44.5 Å². The van der Waals surface area contributed by atoms with Crippen LogP contribution in [0, 0.1) is 0 Å². The van der Waals surface area contributed by atoms with E-state index in [4.69, 9.17) is 0 Å². The number of benzene rings is 13. The third kappa shape index (κ3) is 6.74. The molecular formula is C70H45BN2. The van der Waals surface area contributed by atoms with Gasteiger partial charge >= 0.3 is 0 Å². The molecule has 0 amide bonds. The van der Waals surface area contributed by atoms with Gasteiger partial charge in [0.1, 0.15) is 0 Å². The summed E-state index contributed by atoms with van der Waals surface area (Å²) in [6, 6.07) is 102. The van der Waals surface area contributed by atoms with Gasteiger partial charge in [0.05, 0.1) is 0 Å². The molecule has 2 aliphatic rings. The van der Waals surface area contributed by atoms with Gasteiger partial charge in [0.2, 0.25) is 0 Å².